The molecule has 0 saturated carbocycles. The third-order valence-corrected chi connectivity index (χ3v) is 4.11. The van der Waals surface area contributed by atoms with Gasteiger partial charge >= 0.3 is 0 Å². The van der Waals surface area contributed by atoms with E-state index in [9.17, 15) is 10.1 Å². The molecule has 0 bridgehead atoms. The number of rotatable bonds is 8. The Labute approximate surface area is 175 Å². The Bertz CT molecular complexity index is 1060. The highest BCUT2D eigenvalue weighted by molar-refractivity contribution is 6.09. The van der Waals surface area contributed by atoms with E-state index in [0.717, 1.165) is 5.69 Å². The zero-order valence-corrected chi connectivity index (χ0v) is 16.5. The third-order valence-electron chi connectivity index (χ3n) is 4.11. The highest BCUT2D eigenvalue weighted by Crippen LogP contribution is 2.23. The van der Waals surface area contributed by atoms with E-state index in [1.54, 1.807) is 42.6 Å². The molecule has 1 aromatic heterocycles. The topological polar surface area (TPSA) is 84.2 Å². The first-order valence-electron chi connectivity index (χ1n) is 9.47. The van der Waals surface area contributed by atoms with Gasteiger partial charge in [0.25, 0.3) is 5.91 Å². The SMILES string of the molecule is CCOc1ccc(NC(=O)/C(C#N)=C/c2ccccc2OCc2ccccn2)cc1. The van der Waals surface area contributed by atoms with E-state index < -0.39 is 5.91 Å². The van der Waals surface area contributed by atoms with Gasteiger partial charge in [-0.2, -0.15) is 5.26 Å². The van der Waals surface area contributed by atoms with Crippen LogP contribution in [-0.4, -0.2) is 17.5 Å². The smallest absolute Gasteiger partial charge is 0.266 e. The minimum absolute atomic E-state index is 0.0298. The van der Waals surface area contributed by atoms with Crippen molar-refractivity contribution in [3.8, 4) is 17.6 Å². The van der Waals surface area contributed by atoms with E-state index in [-0.39, 0.29) is 12.2 Å². The Morgan fingerprint density at radius 1 is 1.07 bits per heavy atom. The maximum atomic E-state index is 12.6. The first-order chi connectivity index (χ1) is 14.7. The van der Waals surface area contributed by atoms with Gasteiger partial charge in [0.15, 0.2) is 0 Å². The summed E-state index contributed by atoms with van der Waals surface area (Å²) >= 11 is 0. The van der Waals surface area contributed by atoms with E-state index in [2.05, 4.69) is 10.3 Å². The largest absolute Gasteiger partial charge is 0.494 e. The summed E-state index contributed by atoms with van der Waals surface area (Å²) in [5.41, 5.74) is 1.96. The first kappa shape index (κ1) is 20.6. The van der Waals surface area contributed by atoms with E-state index in [1.165, 1.54) is 6.08 Å². The quantitative estimate of drug-likeness (QED) is 0.442. The fourth-order valence-corrected chi connectivity index (χ4v) is 2.67. The number of ether oxygens (including phenoxy) is 2. The summed E-state index contributed by atoms with van der Waals surface area (Å²) in [7, 11) is 0. The molecule has 1 heterocycles. The highest BCUT2D eigenvalue weighted by atomic mass is 16.5. The number of amides is 1. The van der Waals surface area contributed by atoms with E-state index in [0.29, 0.717) is 29.4 Å². The van der Waals surface area contributed by atoms with Gasteiger partial charge < -0.3 is 14.8 Å². The van der Waals surface area contributed by atoms with Crippen LogP contribution in [0.15, 0.2) is 78.5 Å². The maximum absolute atomic E-state index is 12.6. The zero-order valence-electron chi connectivity index (χ0n) is 16.5. The third kappa shape index (κ3) is 5.69. The molecule has 6 heteroatoms. The molecule has 0 atom stereocenters. The molecule has 0 unspecified atom stereocenters. The van der Waals surface area contributed by atoms with Crippen LogP contribution in [0.2, 0.25) is 0 Å². The lowest BCUT2D eigenvalue weighted by Gasteiger charge is -2.10. The molecule has 0 fully saturated rings. The Morgan fingerprint density at radius 2 is 1.83 bits per heavy atom. The van der Waals surface area contributed by atoms with Crippen molar-refractivity contribution in [2.24, 2.45) is 0 Å². The number of nitriles is 1. The number of hydrogen-bond donors (Lipinski definition) is 1. The lowest BCUT2D eigenvalue weighted by Crippen LogP contribution is -2.13. The second-order valence-corrected chi connectivity index (χ2v) is 6.23. The Balaban J connectivity index is 1.73. The van der Waals surface area contributed by atoms with Crippen LogP contribution in [0, 0.1) is 11.3 Å². The van der Waals surface area contributed by atoms with Crippen molar-refractivity contribution in [2.75, 3.05) is 11.9 Å². The summed E-state index contributed by atoms with van der Waals surface area (Å²) in [6, 6.07) is 21.7. The Kier molecular flexibility index (Phi) is 7.17. The molecule has 0 aliphatic heterocycles. The molecule has 0 radical (unpaired) electrons. The predicted octanol–water partition coefficient (Wildman–Crippen LogP) is 4.60. The number of nitrogens with zero attached hydrogens (tertiary/aromatic N) is 2. The lowest BCUT2D eigenvalue weighted by molar-refractivity contribution is -0.112. The van der Waals surface area contributed by atoms with Gasteiger partial charge in [-0.3, -0.25) is 9.78 Å². The minimum atomic E-state index is -0.499. The lowest BCUT2D eigenvalue weighted by atomic mass is 10.1. The zero-order chi connectivity index (χ0) is 21.2. The van der Waals surface area contributed by atoms with Crippen molar-refractivity contribution < 1.29 is 14.3 Å². The van der Waals surface area contributed by atoms with Gasteiger partial charge in [-0.25, -0.2) is 0 Å². The summed E-state index contributed by atoms with van der Waals surface area (Å²) in [4.78, 5) is 16.8. The number of carbonyl (C=O) groups excluding carboxylic acids is 1. The summed E-state index contributed by atoms with van der Waals surface area (Å²) < 4.78 is 11.2. The van der Waals surface area contributed by atoms with Gasteiger partial charge in [0, 0.05) is 17.4 Å². The second kappa shape index (κ2) is 10.4. The van der Waals surface area contributed by atoms with Crippen LogP contribution in [0.5, 0.6) is 11.5 Å². The monoisotopic (exact) mass is 399 g/mol. The molecule has 150 valence electrons. The van der Waals surface area contributed by atoms with E-state index in [1.807, 2.05) is 43.3 Å². The van der Waals surface area contributed by atoms with Crippen LogP contribution >= 0.6 is 0 Å². The minimum Gasteiger partial charge on any atom is -0.494 e. The maximum Gasteiger partial charge on any atom is 0.266 e. The summed E-state index contributed by atoms with van der Waals surface area (Å²) in [5.74, 6) is 0.775. The average Bonchev–Trinajstić information content (AvgIpc) is 2.79. The molecule has 1 amide bonds. The van der Waals surface area contributed by atoms with Crippen LogP contribution in [0.25, 0.3) is 6.08 Å². The number of para-hydroxylation sites is 1. The summed E-state index contributed by atoms with van der Waals surface area (Å²) in [5, 5.41) is 12.2. The van der Waals surface area contributed by atoms with Crippen molar-refractivity contribution in [1.82, 2.24) is 4.98 Å². The van der Waals surface area contributed by atoms with Crippen LogP contribution < -0.4 is 14.8 Å². The fraction of sp³-hybridized carbons (Fsp3) is 0.125. The van der Waals surface area contributed by atoms with Gasteiger partial charge in [0.05, 0.1) is 12.3 Å². The van der Waals surface area contributed by atoms with Crippen LogP contribution in [-0.2, 0) is 11.4 Å². The standard InChI is InChI=1S/C24H21N3O3/c1-2-29-22-12-10-20(11-13-22)27-24(28)19(16-25)15-18-7-3-4-9-23(18)30-17-21-8-5-6-14-26-21/h3-15H,2,17H2,1H3,(H,27,28)/b19-15+. The summed E-state index contributed by atoms with van der Waals surface area (Å²) in [6.45, 7) is 2.75. The van der Waals surface area contributed by atoms with Gasteiger partial charge in [0.1, 0.15) is 29.7 Å². The number of nitrogens with one attached hydrogen (secondary N) is 1. The fourth-order valence-electron chi connectivity index (χ4n) is 2.67. The van der Waals surface area contributed by atoms with Crippen LogP contribution in [0.1, 0.15) is 18.2 Å². The van der Waals surface area contributed by atoms with Crippen molar-refractivity contribution in [2.45, 2.75) is 13.5 Å². The van der Waals surface area contributed by atoms with E-state index in [4.69, 9.17) is 9.47 Å². The normalized spacial score (nSPS) is 10.7. The Hall–Kier alpha value is -4.11. The molecular formula is C24H21N3O3. The molecular weight excluding hydrogens is 378 g/mol. The van der Waals surface area contributed by atoms with E-state index >= 15 is 0 Å². The number of aromatic nitrogens is 1. The van der Waals surface area contributed by atoms with Crippen molar-refractivity contribution in [1.29, 1.82) is 5.26 Å². The second-order valence-electron chi connectivity index (χ2n) is 6.23. The number of hydrogen-bond acceptors (Lipinski definition) is 5. The van der Waals surface area contributed by atoms with Crippen molar-refractivity contribution >= 4 is 17.7 Å². The molecule has 3 rings (SSSR count). The first-order valence-corrected chi connectivity index (χ1v) is 9.47. The van der Waals surface area contributed by atoms with Gasteiger partial charge in [0.2, 0.25) is 0 Å². The van der Waals surface area contributed by atoms with Gasteiger partial charge in [-0.15, -0.1) is 0 Å². The number of anilines is 1. The number of carbonyl (C=O) groups is 1. The predicted molar refractivity (Wildman–Crippen MR) is 115 cm³/mol. The molecule has 30 heavy (non-hydrogen) atoms. The molecule has 0 aliphatic carbocycles. The highest BCUT2D eigenvalue weighted by Gasteiger charge is 2.12. The molecule has 0 aliphatic rings. The molecule has 0 spiro atoms. The van der Waals surface area contributed by atoms with Crippen molar-refractivity contribution in [3.05, 3.63) is 89.8 Å². The molecule has 3 aromatic rings. The number of pyridine rings is 1. The molecule has 6 nitrogen and oxygen atoms in total. The van der Waals surface area contributed by atoms with Crippen molar-refractivity contribution in [3.63, 3.8) is 0 Å². The average molecular weight is 399 g/mol. The van der Waals surface area contributed by atoms with Gasteiger partial charge in [-0.1, -0.05) is 24.3 Å². The van der Waals surface area contributed by atoms with Crippen LogP contribution in [0.4, 0.5) is 5.69 Å². The van der Waals surface area contributed by atoms with Gasteiger partial charge in [-0.05, 0) is 55.5 Å². The molecule has 1 N–H and O–H groups in total. The molecule has 2 aromatic carbocycles. The Morgan fingerprint density at radius 3 is 2.53 bits per heavy atom. The molecule has 0 saturated heterocycles. The summed E-state index contributed by atoms with van der Waals surface area (Å²) in [6.07, 6.45) is 3.21. The van der Waals surface area contributed by atoms with Crippen LogP contribution in [0.3, 0.4) is 0 Å². The number of benzene rings is 2.